The number of aromatic carboxylic acids is 1. The monoisotopic (exact) mass is 319 g/mol. The molecule has 2 rings (SSSR count). The van der Waals surface area contributed by atoms with E-state index >= 15 is 0 Å². The molecule has 1 saturated carbocycles. The number of nitrogens with one attached hydrogen (secondary N) is 1. The fourth-order valence-corrected chi connectivity index (χ4v) is 3.17. The third-order valence-electron chi connectivity index (χ3n) is 3.34. The highest BCUT2D eigenvalue weighted by molar-refractivity contribution is 7.89. The lowest BCUT2D eigenvalue weighted by molar-refractivity contribution is 0.0685. The number of carboxylic acids is 1. The van der Waals surface area contributed by atoms with Gasteiger partial charge in [-0.15, -0.1) is 0 Å². The third kappa shape index (κ3) is 3.76. The van der Waals surface area contributed by atoms with Crippen LogP contribution in [0.4, 0.5) is 8.78 Å². The second kappa shape index (κ2) is 6.07. The molecule has 0 aromatic heterocycles. The Labute approximate surface area is 121 Å². The number of hydrogen-bond donors (Lipinski definition) is 2. The number of sulfonamides is 1. The van der Waals surface area contributed by atoms with Gasteiger partial charge in [-0.2, -0.15) is 0 Å². The van der Waals surface area contributed by atoms with Crippen LogP contribution in [0.15, 0.2) is 17.0 Å². The number of carbonyl (C=O) groups is 1. The van der Waals surface area contributed by atoms with Crippen LogP contribution >= 0.6 is 0 Å². The summed E-state index contributed by atoms with van der Waals surface area (Å²) in [6.07, 6.45) is 3.83. The fourth-order valence-electron chi connectivity index (χ4n) is 2.02. The SMILES string of the molecule is O=C(O)c1c(F)ccc(S(=O)(=O)NCCCC2CC2)c1F. The molecule has 1 aliphatic carbocycles. The van der Waals surface area contributed by atoms with Crippen LogP contribution in [-0.2, 0) is 10.0 Å². The van der Waals surface area contributed by atoms with Crippen LogP contribution in [0.25, 0.3) is 0 Å². The molecule has 1 aliphatic rings. The lowest BCUT2D eigenvalue weighted by Gasteiger charge is -2.09. The van der Waals surface area contributed by atoms with Crippen molar-refractivity contribution in [2.24, 2.45) is 5.92 Å². The molecule has 0 unspecified atom stereocenters. The van der Waals surface area contributed by atoms with E-state index in [1.54, 1.807) is 0 Å². The van der Waals surface area contributed by atoms with Crippen molar-refractivity contribution >= 4 is 16.0 Å². The maximum Gasteiger partial charge on any atom is 0.341 e. The average molecular weight is 319 g/mol. The van der Waals surface area contributed by atoms with E-state index in [0.29, 0.717) is 18.4 Å². The smallest absolute Gasteiger partial charge is 0.341 e. The van der Waals surface area contributed by atoms with Gasteiger partial charge in [0.2, 0.25) is 10.0 Å². The zero-order valence-electron chi connectivity index (χ0n) is 11.1. The zero-order chi connectivity index (χ0) is 15.6. The summed E-state index contributed by atoms with van der Waals surface area (Å²) in [5, 5.41) is 8.72. The topological polar surface area (TPSA) is 83.5 Å². The summed E-state index contributed by atoms with van der Waals surface area (Å²) in [5.74, 6) is -4.10. The highest BCUT2D eigenvalue weighted by atomic mass is 32.2. The van der Waals surface area contributed by atoms with Gasteiger partial charge in [0.1, 0.15) is 16.3 Å². The van der Waals surface area contributed by atoms with Crippen LogP contribution < -0.4 is 4.72 Å². The summed E-state index contributed by atoms with van der Waals surface area (Å²) >= 11 is 0. The first-order valence-corrected chi connectivity index (χ1v) is 8.02. The fraction of sp³-hybridized carbons (Fsp3) is 0.462. The van der Waals surface area contributed by atoms with E-state index in [9.17, 15) is 22.0 Å². The molecule has 0 bridgehead atoms. The molecule has 0 saturated heterocycles. The molecule has 0 heterocycles. The van der Waals surface area contributed by atoms with Gasteiger partial charge in [0, 0.05) is 6.54 Å². The van der Waals surface area contributed by atoms with Crippen molar-refractivity contribution in [2.45, 2.75) is 30.6 Å². The Hall–Kier alpha value is -1.54. The number of carboxylic acid groups (broad SMARTS) is 1. The number of halogens is 2. The zero-order valence-corrected chi connectivity index (χ0v) is 11.9. The van der Waals surface area contributed by atoms with E-state index in [-0.39, 0.29) is 6.54 Å². The Morgan fingerprint density at radius 2 is 2.00 bits per heavy atom. The molecule has 5 nitrogen and oxygen atoms in total. The normalized spacial score (nSPS) is 15.1. The van der Waals surface area contributed by atoms with Crippen molar-refractivity contribution in [1.82, 2.24) is 4.72 Å². The van der Waals surface area contributed by atoms with E-state index in [4.69, 9.17) is 5.11 Å². The summed E-state index contributed by atoms with van der Waals surface area (Å²) < 4.78 is 53.2. The molecular formula is C13H15F2NO4S. The molecular weight excluding hydrogens is 304 g/mol. The van der Waals surface area contributed by atoms with Crippen molar-refractivity contribution in [3.63, 3.8) is 0 Å². The minimum atomic E-state index is -4.20. The van der Waals surface area contributed by atoms with Crippen LogP contribution in [0.5, 0.6) is 0 Å². The highest BCUT2D eigenvalue weighted by Crippen LogP contribution is 2.33. The van der Waals surface area contributed by atoms with Crippen molar-refractivity contribution in [2.75, 3.05) is 6.54 Å². The lowest BCUT2D eigenvalue weighted by atomic mass is 10.2. The number of benzene rings is 1. The van der Waals surface area contributed by atoms with Gasteiger partial charge >= 0.3 is 5.97 Å². The van der Waals surface area contributed by atoms with Gasteiger partial charge in [0.05, 0.1) is 0 Å². The Bertz CT molecular complexity index is 656. The predicted molar refractivity (Wildman–Crippen MR) is 70.5 cm³/mol. The molecule has 0 aliphatic heterocycles. The second-order valence-electron chi connectivity index (χ2n) is 5.02. The molecule has 21 heavy (non-hydrogen) atoms. The van der Waals surface area contributed by atoms with Gasteiger partial charge in [-0.25, -0.2) is 26.7 Å². The molecule has 1 fully saturated rings. The molecule has 0 spiro atoms. The standard InChI is InChI=1S/C13H15F2NO4S/c14-9-5-6-10(12(15)11(9)13(17)18)21(19,20)16-7-1-2-8-3-4-8/h5-6,8,16H,1-4,7H2,(H,17,18). The van der Waals surface area contributed by atoms with E-state index in [0.717, 1.165) is 25.3 Å². The Balaban J connectivity index is 2.14. The molecule has 1 aromatic rings. The molecule has 1 aromatic carbocycles. The first kappa shape index (κ1) is 15.8. The van der Waals surface area contributed by atoms with Crippen molar-refractivity contribution in [1.29, 1.82) is 0 Å². The minimum absolute atomic E-state index is 0.137. The predicted octanol–water partition coefficient (Wildman–Crippen LogP) is 2.13. The lowest BCUT2D eigenvalue weighted by Crippen LogP contribution is -2.26. The summed E-state index contributed by atoms with van der Waals surface area (Å²) in [5.41, 5.74) is -1.27. The van der Waals surface area contributed by atoms with Gasteiger partial charge in [-0.3, -0.25) is 0 Å². The van der Waals surface area contributed by atoms with Crippen molar-refractivity contribution < 1.29 is 27.1 Å². The van der Waals surface area contributed by atoms with Crippen LogP contribution in [0.1, 0.15) is 36.0 Å². The first-order chi connectivity index (χ1) is 9.83. The summed E-state index contributed by atoms with van der Waals surface area (Å²) in [6, 6.07) is 1.35. The maximum atomic E-state index is 13.9. The van der Waals surface area contributed by atoms with Crippen LogP contribution in [-0.4, -0.2) is 26.0 Å². The first-order valence-electron chi connectivity index (χ1n) is 6.54. The van der Waals surface area contributed by atoms with Gasteiger partial charge in [-0.1, -0.05) is 12.8 Å². The Morgan fingerprint density at radius 1 is 1.33 bits per heavy atom. The quantitative estimate of drug-likeness (QED) is 0.754. The molecule has 0 amide bonds. The second-order valence-corrected chi connectivity index (χ2v) is 6.76. The Kier molecular flexibility index (Phi) is 4.58. The van der Waals surface area contributed by atoms with Gasteiger partial charge < -0.3 is 5.11 Å². The summed E-state index contributed by atoms with van der Waals surface area (Å²) in [7, 11) is -4.20. The van der Waals surface area contributed by atoms with Crippen LogP contribution in [0, 0.1) is 17.6 Å². The molecule has 0 radical (unpaired) electrons. The average Bonchev–Trinajstić information content (AvgIpc) is 3.18. The number of rotatable bonds is 7. The van der Waals surface area contributed by atoms with Crippen molar-refractivity contribution in [3.05, 3.63) is 29.3 Å². The van der Waals surface area contributed by atoms with Crippen LogP contribution in [0.2, 0.25) is 0 Å². The van der Waals surface area contributed by atoms with E-state index in [1.165, 1.54) is 0 Å². The maximum absolute atomic E-state index is 13.9. The minimum Gasteiger partial charge on any atom is -0.477 e. The highest BCUT2D eigenvalue weighted by Gasteiger charge is 2.27. The largest absolute Gasteiger partial charge is 0.477 e. The summed E-state index contributed by atoms with van der Waals surface area (Å²) in [4.78, 5) is 9.91. The van der Waals surface area contributed by atoms with Gasteiger partial charge in [0.15, 0.2) is 5.82 Å². The van der Waals surface area contributed by atoms with E-state index in [2.05, 4.69) is 4.72 Å². The van der Waals surface area contributed by atoms with E-state index < -0.39 is 38.1 Å². The third-order valence-corrected chi connectivity index (χ3v) is 4.82. The van der Waals surface area contributed by atoms with Crippen LogP contribution in [0.3, 0.4) is 0 Å². The van der Waals surface area contributed by atoms with Gasteiger partial charge in [-0.05, 0) is 30.9 Å². The number of hydrogen-bond acceptors (Lipinski definition) is 3. The Morgan fingerprint density at radius 3 is 2.57 bits per heavy atom. The summed E-state index contributed by atoms with van der Waals surface area (Å²) in [6.45, 7) is 0.137. The molecule has 2 N–H and O–H groups in total. The molecule has 0 atom stereocenters. The molecule has 8 heteroatoms. The molecule has 116 valence electrons. The van der Waals surface area contributed by atoms with E-state index in [1.807, 2.05) is 0 Å². The van der Waals surface area contributed by atoms with Gasteiger partial charge in [0.25, 0.3) is 0 Å². The van der Waals surface area contributed by atoms with Crippen molar-refractivity contribution in [3.8, 4) is 0 Å².